The first-order chi connectivity index (χ1) is 12.5. The standard InChI is InChI=1S/C22H29N3O/c1-17-14-20(8-11-23-17)15-18-9-12-25(13-10-18)22(26)21-6-4-19(5-7-21)16-24(2)3/h4-8,11,14,18H,9-10,12-13,15-16H2,1-3H3. The van der Waals surface area contributed by atoms with Gasteiger partial charge in [0.2, 0.25) is 0 Å². The third kappa shape index (κ3) is 4.92. The van der Waals surface area contributed by atoms with Gasteiger partial charge in [0.15, 0.2) is 0 Å². The molecule has 4 heteroatoms. The van der Waals surface area contributed by atoms with Crippen molar-refractivity contribution in [2.45, 2.75) is 32.7 Å². The molecule has 0 spiro atoms. The summed E-state index contributed by atoms with van der Waals surface area (Å²) >= 11 is 0. The van der Waals surface area contributed by atoms with Crippen LogP contribution in [0.2, 0.25) is 0 Å². The van der Waals surface area contributed by atoms with Gasteiger partial charge in [-0.25, -0.2) is 0 Å². The summed E-state index contributed by atoms with van der Waals surface area (Å²) < 4.78 is 0. The SMILES string of the molecule is Cc1cc(CC2CCN(C(=O)c3ccc(CN(C)C)cc3)CC2)ccn1. The predicted octanol–water partition coefficient (Wildman–Crippen LogP) is 3.55. The normalized spacial score (nSPS) is 15.5. The molecule has 1 aliphatic rings. The van der Waals surface area contributed by atoms with Gasteiger partial charge in [-0.1, -0.05) is 12.1 Å². The third-order valence-electron chi connectivity index (χ3n) is 5.09. The number of likely N-dealkylation sites (tertiary alicyclic amines) is 1. The Morgan fingerprint density at radius 2 is 1.81 bits per heavy atom. The second-order valence-corrected chi connectivity index (χ2v) is 7.68. The number of carbonyl (C=O) groups is 1. The lowest BCUT2D eigenvalue weighted by atomic mass is 9.90. The molecule has 138 valence electrons. The van der Waals surface area contributed by atoms with Crippen molar-refractivity contribution in [3.63, 3.8) is 0 Å². The summed E-state index contributed by atoms with van der Waals surface area (Å²) in [6.07, 6.45) is 5.13. The lowest BCUT2D eigenvalue weighted by molar-refractivity contribution is 0.0690. The Morgan fingerprint density at radius 3 is 2.42 bits per heavy atom. The molecule has 2 aromatic rings. The molecule has 1 aromatic heterocycles. The zero-order valence-corrected chi connectivity index (χ0v) is 16.1. The number of piperidine rings is 1. The van der Waals surface area contributed by atoms with Crippen LogP contribution in [0.4, 0.5) is 0 Å². The molecule has 4 nitrogen and oxygen atoms in total. The number of aromatic nitrogens is 1. The van der Waals surface area contributed by atoms with E-state index in [4.69, 9.17) is 0 Å². The Morgan fingerprint density at radius 1 is 1.12 bits per heavy atom. The van der Waals surface area contributed by atoms with Gasteiger partial charge in [-0.2, -0.15) is 0 Å². The molecule has 2 heterocycles. The Kier molecular flexibility index (Phi) is 6.04. The number of hydrogen-bond donors (Lipinski definition) is 0. The van der Waals surface area contributed by atoms with Crippen molar-refractivity contribution in [2.75, 3.05) is 27.2 Å². The highest BCUT2D eigenvalue weighted by atomic mass is 16.2. The van der Waals surface area contributed by atoms with Crippen LogP contribution in [-0.2, 0) is 13.0 Å². The zero-order chi connectivity index (χ0) is 18.5. The molecule has 0 N–H and O–H groups in total. The van der Waals surface area contributed by atoms with Crippen LogP contribution in [0, 0.1) is 12.8 Å². The Bertz CT molecular complexity index is 731. The van der Waals surface area contributed by atoms with E-state index in [1.54, 1.807) is 0 Å². The van der Waals surface area contributed by atoms with Crippen LogP contribution in [0.25, 0.3) is 0 Å². The van der Waals surface area contributed by atoms with Crippen LogP contribution in [0.5, 0.6) is 0 Å². The van der Waals surface area contributed by atoms with Crippen LogP contribution in [-0.4, -0.2) is 47.9 Å². The fraction of sp³-hybridized carbons (Fsp3) is 0.455. The molecule has 0 unspecified atom stereocenters. The number of amides is 1. The summed E-state index contributed by atoms with van der Waals surface area (Å²) in [5.74, 6) is 0.822. The maximum atomic E-state index is 12.8. The molecule has 1 amide bonds. The maximum absolute atomic E-state index is 12.8. The fourth-order valence-electron chi connectivity index (χ4n) is 3.71. The van der Waals surface area contributed by atoms with Gasteiger partial charge in [0.1, 0.15) is 0 Å². The minimum atomic E-state index is 0.166. The van der Waals surface area contributed by atoms with Crippen molar-refractivity contribution < 1.29 is 4.79 Å². The largest absolute Gasteiger partial charge is 0.339 e. The molecule has 0 saturated carbocycles. The van der Waals surface area contributed by atoms with Gasteiger partial charge in [0.25, 0.3) is 5.91 Å². The van der Waals surface area contributed by atoms with E-state index in [9.17, 15) is 4.79 Å². The number of carbonyl (C=O) groups excluding carboxylic acids is 1. The average Bonchev–Trinajstić information content (AvgIpc) is 2.62. The highest BCUT2D eigenvalue weighted by Gasteiger charge is 2.23. The third-order valence-corrected chi connectivity index (χ3v) is 5.09. The molecule has 1 aromatic carbocycles. The molecule has 26 heavy (non-hydrogen) atoms. The number of nitrogens with zero attached hydrogens (tertiary/aromatic N) is 3. The lowest BCUT2D eigenvalue weighted by Gasteiger charge is -2.32. The summed E-state index contributed by atoms with van der Waals surface area (Å²) in [4.78, 5) is 21.2. The van der Waals surface area contributed by atoms with Gasteiger partial charge in [0.05, 0.1) is 0 Å². The molecule has 3 rings (SSSR count). The highest BCUT2D eigenvalue weighted by molar-refractivity contribution is 5.94. The van der Waals surface area contributed by atoms with Gasteiger partial charge in [0, 0.05) is 37.1 Å². The summed E-state index contributed by atoms with van der Waals surface area (Å²) in [7, 11) is 4.10. The van der Waals surface area contributed by atoms with E-state index >= 15 is 0 Å². The highest BCUT2D eigenvalue weighted by Crippen LogP contribution is 2.23. The van der Waals surface area contributed by atoms with E-state index in [2.05, 4.69) is 48.2 Å². The van der Waals surface area contributed by atoms with Gasteiger partial charge in [-0.3, -0.25) is 9.78 Å². The van der Waals surface area contributed by atoms with Gasteiger partial charge >= 0.3 is 0 Å². The van der Waals surface area contributed by atoms with E-state index in [0.29, 0.717) is 5.92 Å². The average molecular weight is 351 g/mol. The fourth-order valence-corrected chi connectivity index (χ4v) is 3.71. The molecule has 0 radical (unpaired) electrons. The zero-order valence-electron chi connectivity index (χ0n) is 16.1. The quantitative estimate of drug-likeness (QED) is 0.827. The summed E-state index contributed by atoms with van der Waals surface area (Å²) in [5.41, 5.74) is 4.47. The smallest absolute Gasteiger partial charge is 0.253 e. The number of hydrogen-bond acceptors (Lipinski definition) is 3. The van der Waals surface area contributed by atoms with E-state index in [1.807, 2.05) is 30.2 Å². The number of pyridine rings is 1. The summed E-state index contributed by atoms with van der Waals surface area (Å²) in [5, 5.41) is 0. The van der Waals surface area contributed by atoms with Crippen LogP contribution in [0.3, 0.4) is 0 Å². The molecule has 0 aliphatic carbocycles. The predicted molar refractivity (Wildman–Crippen MR) is 105 cm³/mol. The molecular formula is C22H29N3O. The second-order valence-electron chi connectivity index (χ2n) is 7.68. The van der Waals surface area contributed by atoms with Gasteiger partial charge < -0.3 is 9.80 Å². The topological polar surface area (TPSA) is 36.4 Å². The van der Waals surface area contributed by atoms with E-state index in [1.165, 1.54) is 11.1 Å². The number of aryl methyl sites for hydroxylation is 1. The molecular weight excluding hydrogens is 322 g/mol. The number of benzene rings is 1. The summed E-state index contributed by atoms with van der Waals surface area (Å²) in [6.45, 7) is 4.64. The molecule has 1 aliphatic heterocycles. The van der Waals surface area contributed by atoms with Crippen molar-refractivity contribution in [1.29, 1.82) is 0 Å². The van der Waals surface area contributed by atoms with Crippen LogP contribution >= 0.6 is 0 Å². The van der Waals surface area contributed by atoms with Gasteiger partial charge in [-0.05, 0) is 81.6 Å². The first-order valence-electron chi connectivity index (χ1n) is 9.46. The lowest BCUT2D eigenvalue weighted by Crippen LogP contribution is -2.38. The summed E-state index contributed by atoms with van der Waals surface area (Å²) in [6, 6.07) is 12.3. The Balaban J connectivity index is 1.53. The van der Waals surface area contributed by atoms with Crippen LogP contribution in [0.1, 0.15) is 40.0 Å². The van der Waals surface area contributed by atoms with Crippen molar-refractivity contribution in [2.24, 2.45) is 5.92 Å². The maximum Gasteiger partial charge on any atom is 0.253 e. The molecule has 1 fully saturated rings. The Labute approximate surface area is 156 Å². The monoisotopic (exact) mass is 351 g/mol. The minimum Gasteiger partial charge on any atom is -0.339 e. The van der Waals surface area contributed by atoms with Crippen LogP contribution < -0.4 is 0 Å². The molecule has 0 atom stereocenters. The first kappa shape index (κ1) is 18.6. The Hall–Kier alpha value is -2.20. The van der Waals surface area contributed by atoms with Crippen molar-refractivity contribution in [3.8, 4) is 0 Å². The number of rotatable bonds is 5. The van der Waals surface area contributed by atoms with Crippen molar-refractivity contribution >= 4 is 5.91 Å². The minimum absolute atomic E-state index is 0.166. The van der Waals surface area contributed by atoms with Crippen molar-refractivity contribution in [1.82, 2.24) is 14.8 Å². The van der Waals surface area contributed by atoms with Crippen LogP contribution in [0.15, 0.2) is 42.6 Å². The molecule has 0 bridgehead atoms. The molecule has 1 saturated heterocycles. The van der Waals surface area contributed by atoms with Gasteiger partial charge in [-0.15, -0.1) is 0 Å². The first-order valence-corrected chi connectivity index (χ1v) is 9.46. The van der Waals surface area contributed by atoms with Crippen molar-refractivity contribution in [3.05, 3.63) is 65.0 Å². The van der Waals surface area contributed by atoms with E-state index in [-0.39, 0.29) is 5.91 Å². The van der Waals surface area contributed by atoms with E-state index in [0.717, 1.165) is 50.2 Å². The second kappa shape index (κ2) is 8.45. The van der Waals surface area contributed by atoms with E-state index < -0.39 is 0 Å².